The van der Waals surface area contributed by atoms with Crippen LogP contribution in [0.25, 0.3) is 11.0 Å². The molecular formula is C29H25ClN4O7. The molecule has 0 amide bonds. The normalized spacial score (nSPS) is 20.0. The number of hydrogen-bond donors (Lipinski definition) is 1. The van der Waals surface area contributed by atoms with Gasteiger partial charge in [0.05, 0.1) is 23.1 Å². The van der Waals surface area contributed by atoms with Gasteiger partial charge in [0, 0.05) is 12.6 Å². The van der Waals surface area contributed by atoms with E-state index in [-0.39, 0.29) is 30.9 Å². The second-order valence-electron chi connectivity index (χ2n) is 9.02. The molecule has 2 aromatic heterocycles. The van der Waals surface area contributed by atoms with Crippen LogP contribution in [-0.2, 0) is 23.7 Å². The molecule has 1 aliphatic heterocycles. The number of nitrogen functional groups attached to an aromatic ring is 1. The smallest absolute Gasteiger partial charge is 0.340 e. The Morgan fingerprint density at radius 3 is 2.29 bits per heavy atom. The zero-order valence-electron chi connectivity index (χ0n) is 21.6. The molecule has 1 fully saturated rings. The fourth-order valence-corrected chi connectivity index (χ4v) is 4.61. The first kappa shape index (κ1) is 28.1. The number of rotatable bonds is 10. The molecule has 0 bridgehead atoms. The van der Waals surface area contributed by atoms with Crippen LogP contribution in [0.4, 0.5) is 5.82 Å². The Morgan fingerprint density at radius 1 is 1.02 bits per heavy atom. The van der Waals surface area contributed by atoms with Crippen LogP contribution in [0.1, 0.15) is 33.4 Å². The third kappa shape index (κ3) is 6.16. The van der Waals surface area contributed by atoms with E-state index >= 15 is 0 Å². The lowest BCUT2D eigenvalue weighted by Crippen LogP contribution is -2.44. The van der Waals surface area contributed by atoms with Gasteiger partial charge in [0.25, 0.3) is 0 Å². The number of terminal acetylenes is 1. The van der Waals surface area contributed by atoms with E-state index in [1.165, 1.54) is 0 Å². The zero-order chi connectivity index (χ0) is 28.8. The van der Waals surface area contributed by atoms with Gasteiger partial charge in [-0.05, 0) is 41.9 Å². The Kier molecular flexibility index (Phi) is 8.47. The summed E-state index contributed by atoms with van der Waals surface area (Å²) in [5, 5.41) is 0.551. The highest BCUT2D eigenvalue weighted by atomic mass is 35.5. The maximum Gasteiger partial charge on any atom is 0.340 e. The summed E-state index contributed by atoms with van der Waals surface area (Å²) in [7, 11) is 0. The standard InChI is InChI=1S/C29H25ClN4O7/c1-2-29(16-37-17-39-26(35)19-9-5-3-6-10-19)22(38-18-40-27(36)20-11-7-4-8-12-20)15-23(41-29)34-14-13-21-24(31)32-28(30)33-25(21)34/h1,3-14,22-23H,15-18H2,(H2,31,32,33)/t22-,23+,29+/m0/s1. The molecule has 0 unspecified atom stereocenters. The molecule has 0 aliphatic carbocycles. The molecule has 3 atom stereocenters. The van der Waals surface area contributed by atoms with Gasteiger partial charge < -0.3 is 34.0 Å². The Labute approximate surface area is 240 Å². The van der Waals surface area contributed by atoms with Gasteiger partial charge in [0.2, 0.25) is 5.28 Å². The van der Waals surface area contributed by atoms with Crippen molar-refractivity contribution >= 4 is 40.4 Å². The number of esters is 2. The van der Waals surface area contributed by atoms with Crippen LogP contribution in [0.3, 0.4) is 0 Å². The lowest BCUT2D eigenvalue weighted by molar-refractivity contribution is -0.153. The minimum atomic E-state index is -1.44. The summed E-state index contributed by atoms with van der Waals surface area (Å²) >= 11 is 6.05. The number of anilines is 1. The third-order valence-corrected chi connectivity index (χ3v) is 6.65. The van der Waals surface area contributed by atoms with Crippen LogP contribution in [0.2, 0.25) is 5.28 Å². The van der Waals surface area contributed by atoms with Crippen molar-refractivity contribution in [3.63, 3.8) is 0 Å². The average molecular weight is 577 g/mol. The van der Waals surface area contributed by atoms with Gasteiger partial charge in [-0.15, -0.1) is 6.42 Å². The summed E-state index contributed by atoms with van der Waals surface area (Å²) in [6.45, 7) is -0.975. The van der Waals surface area contributed by atoms with Crippen molar-refractivity contribution in [1.82, 2.24) is 14.5 Å². The molecule has 5 rings (SSSR count). The van der Waals surface area contributed by atoms with Crippen molar-refractivity contribution in [1.29, 1.82) is 0 Å². The average Bonchev–Trinajstić information content (AvgIpc) is 3.58. The number of carbonyl (C=O) groups is 2. The minimum Gasteiger partial charge on any atom is -0.435 e. The maximum atomic E-state index is 12.4. The Bertz CT molecular complexity index is 1570. The first-order valence-electron chi connectivity index (χ1n) is 12.5. The highest BCUT2D eigenvalue weighted by molar-refractivity contribution is 6.28. The van der Waals surface area contributed by atoms with Crippen molar-refractivity contribution in [3.8, 4) is 12.3 Å². The molecule has 1 saturated heterocycles. The quantitative estimate of drug-likeness (QED) is 0.0969. The number of aromatic nitrogens is 3. The predicted molar refractivity (Wildman–Crippen MR) is 148 cm³/mol. The minimum absolute atomic E-state index is 0.0275. The van der Waals surface area contributed by atoms with Gasteiger partial charge >= 0.3 is 11.9 Å². The number of benzene rings is 2. The van der Waals surface area contributed by atoms with Crippen LogP contribution >= 0.6 is 11.6 Å². The fraction of sp³-hybridized carbons (Fsp3) is 0.241. The predicted octanol–water partition coefficient (Wildman–Crippen LogP) is 3.99. The molecule has 0 saturated carbocycles. The summed E-state index contributed by atoms with van der Waals surface area (Å²) < 4.78 is 30.1. The van der Waals surface area contributed by atoms with Crippen LogP contribution in [0.5, 0.6) is 0 Å². The number of ether oxygens (including phenoxy) is 5. The van der Waals surface area contributed by atoms with Gasteiger partial charge in [0.1, 0.15) is 23.8 Å². The molecule has 11 nitrogen and oxygen atoms in total. The van der Waals surface area contributed by atoms with Gasteiger partial charge in [-0.3, -0.25) is 0 Å². The number of nitrogens with zero attached hydrogens (tertiary/aromatic N) is 3. The number of fused-ring (bicyclic) bond motifs is 1. The van der Waals surface area contributed by atoms with E-state index in [9.17, 15) is 9.59 Å². The third-order valence-electron chi connectivity index (χ3n) is 6.48. The SMILES string of the molecule is C#C[C@]1(COCOC(=O)c2ccccc2)O[C@@H](n2ccc3c(N)nc(Cl)nc32)C[C@@H]1OCOC(=O)c1ccccc1. The highest BCUT2D eigenvalue weighted by Crippen LogP contribution is 2.40. The Balaban J connectivity index is 1.31. The van der Waals surface area contributed by atoms with E-state index in [0.29, 0.717) is 22.2 Å². The zero-order valence-corrected chi connectivity index (χ0v) is 22.4. The molecule has 41 heavy (non-hydrogen) atoms. The molecule has 0 radical (unpaired) electrons. The number of halogens is 1. The summed E-state index contributed by atoms with van der Waals surface area (Å²) in [5.74, 6) is 1.73. The summed E-state index contributed by atoms with van der Waals surface area (Å²) in [6.07, 6.45) is 6.44. The van der Waals surface area contributed by atoms with Crippen molar-refractivity contribution in [3.05, 3.63) is 89.3 Å². The molecular weight excluding hydrogens is 552 g/mol. The molecule has 0 spiro atoms. The molecule has 1 aliphatic rings. The molecule has 12 heteroatoms. The van der Waals surface area contributed by atoms with Gasteiger partial charge in [0.15, 0.2) is 19.2 Å². The van der Waals surface area contributed by atoms with E-state index in [1.807, 2.05) is 0 Å². The summed E-state index contributed by atoms with van der Waals surface area (Å²) in [5.41, 5.74) is 5.75. The van der Waals surface area contributed by atoms with Gasteiger partial charge in [-0.25, -0.2) is 14.6 Å². The van der Waals surface area contributed by atoms with Gasteiger partial charge in [-0.1, -0.05) is 42.3 Å². The summed E-state index contributed by atoms with van der Waals surface area (Å²) in [6, 6.07) is 18.7. The van der Waals surface area contributed by atoms with Crippen molar-refractivity contribution in [2.45, 2.75) is 24.4 Å². The molecule has 4 aromatic rings. The van der Waals surface area contributed by atoms with Crippen molar-refractivity contribution in [2.75, 3.05) is 25.9 Å². The van der Waals surface area contributed by atoms with Crippen molar-refractivity contribution in [2.24, 2.45) is 0 Å². The van der Waals surface area contributed by atoms with Crippen molar-refractivity contribution < 1.29 is 33.3 Å². The monoisotopic (exact) mass is 576 g/mol. The topological polar surface area (TPSA) is 137 Å². The first-order chi connectivity index (χ1) is 19.9. The molecule has 210 valence electrons. The first-order valence-corrected chi connectivity index (χ1v) is 12.9. The molecule has 2 N–H and O–H groups in total. The van der Waals surface area contributed by atoms with E-state index in [1.54, 1.807) is 77.5 Å². The van der Waals surface area contributed by atoms with Crippen LogP contribution < -0.4 is 5.73 Å². The largest absolute Gasteiger partial charge is 0.435 e. The maximum absolute atomic E-state index is 12.4. The highest BCUT2D eigenvalue weighted by Gasteiger charge is 2.50. The molecule has 2 aromatic carbocycles. The van der Waals surface area contributed by atoms with Crippen LogP contribution in [0.15, 0.2) is 72.9 Å². The van der Waals surface area contributed by atoms with Crippen LogP contribution in [0, 0.1) is 12.3 Å². The lowest BCUT2D eigenvalue weighted by atomic mass is 9.98. The van der Waals surface area contributed by atoms with Crippen LogP contribution in [-0.4, -0.2) is 58.4 Å². The Morgan fingerprint density at radius 2 is 1.66 bits per heavy atom. The number of hydrogen-bond acceptors (Lipinski definition) is 10. The number of carbonyl (C=O) groups excluding carboxylic acids is 2. The lowest BCUT2D eigenvalue weighted by Gasteiger charge is -2.28. The molecule has 3 heterocycles. The van der Waals surface area contributed by atoms with E-state index in [2.05, 4.69) is 15.9 Å². The van der Waals surface area contributed by atoms with E-state index < -0.39 is 36.7 Å². The Hall–Kier alpha value is -4.47. The summed E-state index contributed by atoms with van der Waals surface area (Å²) in [4.78, 5) is 33.0. The second kappa shape index (κ2) is 12.4. The fourth-order valence-electron chi connectivity index (χ4n) is 4.44. The second-order valence-corrected chi connectivity index (χ2v) is 9.35. The van der Waals surface area contributed by atoms with E-state index in [0.717, 1.165) is 0 Å². The number of nitrogens with two attached hydrogens (primary N) is 1. The van der Waals surface area contributed by atoms with E-state index in [4.69, 9.17) is 47.4 Å². The van der Waals surface area contributed by atoms with Gasteiger partial charge in [-0.2, -0.15) is 4.98 Å².